The standard InChI is InChI=1S/C23H23ClN2O3/c1-23(2,3)19-6-4-5-7-21(19)28-15-22(27)26-25-14-18-12-13-20(29-18)16-8-10-17(24)11-9-16/h4-14H,15H2,1-3H3,(H,26,27)/b25-14+. The zero-order valence-corrected chi connectivity index (χ0v) is 17.4. The summed E-state index contributed by atoms with van der Waals surface area (Å²) in [5, 5.41) is 4.59. The highest BCUT2D eigenvalue weighted by molar-refractivity contribution is 6.30. The van der Waals surface area contributed by atoms with E-state index in [1.54, 1.807) is 18.2 Å². The van der Waals surface area contributed by atoms with Gasteiger partial charge in [-0.1, -0.05) is 50.6 Å². The molecule has 3 aromatic rings. The minimum absolute atomic E-state index is 0.0771. The van der Waals surface area contributed by atoms with Gasteiger partial charge in [0.1, 0.15) is 17.3 Å². The molecule has 0 aliphatic rings. The molecule has 0 fully saturated rings. The van der Waals surface area contributed by atoms with E-state index in [9.17, 15) is 4.79 Å². The lowest BCUT2D eigenvalue weighted by molar-refractivity contribution is -0.123. The summed E-state index contributed by atoms with van der Waals surface area (Å²) >= 11 is 5.90. The average Bonchev–Trinajstić information content (AvgIpc) is 3.15. The summed E-state index contributed by atoms with van der Waals surface area (Å²) in [6.45, 7) is 6.17. The predicted molar refractivity (Wildman–Crippen MR) is 116 cm³/mol. The highest BCUT2D eigenvalue weighted by Gasteiger charge is 2.18. The number of nitrogens with one attached hydrogen (secondary N) is 1. The number of ether oxygens (including phenoxy) is 1. The van der Waals surface area contributed by atoms with E-state index in [2.05, 4.69) is 31.3 Å². The number of rotatable bonds is 6. The van der Waals surface area contributed by atoms with Crippen LogP contribution in [-0.4, -0.2) is 18.7 Å². The van der Waals surface area contributed by atoms with E-state index in [4.69, 9.17) is 20.8 Å². The molecule has 0 radical (unpaired) electrons. The van der Waals surface area contributed by atoms with Crippen molar-refractivity contribution in [2.75, 3.05) is 6.61 Å². The molecule has 1 heterocycles. The number of furan rings is 1. The molecule has 0 aliphatic heterocycles. The van der Waals surface area contributed by atoms with Crippen molar-refractivity contribution in [1.82, 2.24) is 5.43 Å². The fourth-order valence-electron chi connectivity index (χ4n) is 2.75. The molecule has 1 N–H and O–H groups in total. The first-order valence-electron chi connectivity index (χ1n) is 9.23. The molecule has 3 rings (SSSR count). The van der Waals surface area contributed by atoms with E-state index in [-0.39, 0.29) is 17.9 Å². The van der Waals surface area contributed by atoms with Gasteiger partial charge in [-0.15, -0.1) is 0 Å². The summed E-state index contributed by atoms with van der Waals surface area (Å²) in [7, 11) is 0. The van der Waals surface area contributed by atoms with Crippen LogP contribution in [-0.2, 0) is 10.2 Å². The van der Waals surface area contributed by atoms with Crippen molar-refractivity contribution in [2.24, 2.45) is 5.10 Å². The number of amides is 1. The number of hydrogen-bond acceptors (Lipinski definition) is 4. The third-order valence-corrected chi connectivity index (χ3v) is 4.44. The molecule has 2 aromatic carbocycles. The number of halogens is 1. The molecule has 1 amide bonds. The Hall–Kier alpha value is -3.05. The van der Waals surface area contributed by atoms with Gasteiger partial charge in [-0.2, -0.15) is 5.10 Å². The van der Waals surface area contributed by atoms with Crippen molar-refractivity contribution < 1.29 is 13.9 Å². The third-order valence-electron chi connectivity index (χ3n) is 4.19. The van der Waals surface area contributed by atoms with Crippen LogP contribution in [0, 0.1) is 0 Å². The number of nitrogens with zero attached hydrogens (tertiary/aromatic N) is 1. The number of carbonyl (C=O) groups is 1. The van der Waals surface area contributed by atoms with Crippen LogP contribution in [0.2, 0.25) is 5.02 Å². The van der Waals surface area contributed by atoms with Gasteiger partial charge in [0.15, 0.2) is 6.61 Å². The Morgan fingerprint density at radius 2 is 1.83 bits per heavy atom. The molecule has 150 valence electrons. The number of para-hydroxylation sites is 1. The molecular formula is C23H23ClN2O3. The largest absolute Gasteiger partial charge is 0.483 e. The maximum absolute atomic E-state index is 12.0. The van der Waals surface area contributed by atoms with E-state index in [0.29, 0.717) is 22.3 Å². The lowest BCUT2D eigenvalue weighted by Crippen LogP contribution is -2.25. The first-order valence-corrected chi connectivity index (χ1v) is 9.61. The SMILES string of the molecule is CC(C)(C)c1ccccc1OCC(=O)N/N=C/c1ccc(-c2ccc(Cl)cc2)o1. The van der Waals surface area contributed by atoms with Crippen molar-refractivity contribution in [3.63, 3.8) is 0 Å². The van der Waals surface area contributed by atoms with Crippen LogP contribution < -0.4 is 10.2 Å². The summed E-state index contributed by atoms with van der Waals surface area (Å²) in [5.74, 6) is 1.55. The van der Waals surface area contributed by atoms with Gasteiger partial charge >= 0.3 is 0 Å². The fraction of sp³-hybridized carbons (Fsp3) is 0.217. The molecule has 6 heteroatoms. The molecule has 0 saturated carbocycles. The molecule has 0 bridgehead atoms. The normalized spacial score (nSPS) is 11.6. The Labute approximate surface area is 175 Å². The second kappa shape index (κ2) is 8.97. The molecule has 5 nitrogen and oxygen atoms in total. The molecule has 0 aliphatic carbocycles. The van der Waals surface area contributed by atoms with Gasteiger partial charge in [0, 0.05) is 10.6 Å². The quantitative estimate of drug-likeness (QED) is 0.435. The lowest BCUT2D eigenvalue weighted by atomic mass is 9.86. The maximum atomic E-state index is 12.0. The van der Waals surface area contributed by atoms with Gasteiger partial charge in [-0.25, -0.2) is 5.43 Å². The predicted octanol–water partition coefficient (Wildman–Crippen LogP) is 5.43. The van der Waals surface area contributed by atoms with Crippen molar-refractivity contribution in [1.29, 1.82) is 0 Å². The molecule has 29 heavy (non-hydrogen) atoms. The van der Waals surface area contributed by atoms with Crippen LogP contribution in [0.25, 0.3) is 11.3 Å². The number of carbonyl (C=O) groups excluding carboxylic acids is 1. The van der Waals surface area contributed by atoms with Crippen LogP contribution in [0.4, 0.5) is 0 Å². The van der Waals surface area contributed by atoms with Crippen LogP contribution in [0.1, 0.15) is 32.1 Å². The van der Waals surface area contributed by atoms with Crippen LogP contribution in [0.15, 0.2) is 70.2 Å². The Kier molecular flexibility index (Phi) is 6.39. The van der Waals surface area contributed by atoms with Gasteiger partial charge in [-0.05, 0) is 53.4 Å². The molecule has 0 spiro atoms. The van der Waals surface area contributed by atoms with Crippen LogP contribution in [0.5, 0.6) is 5.75 Å². The fourth-order valence-corrected chi connectivity index (χ4v) is 2.87. The second-order valence-electron chi connectivity index (χ2n) is 7.54. The zero-order chi connectivity index (χ0) is 20.9. The third kappa shape index (κ3) is 5.72. The summed E-state index contributed by atoms with van der Waals surface area (Å²) in [6.07, 6.45) is 1.44. The highest BCUT2D eigenvalue weighted by atomic mass is 35.5. The molecule has 1 aromatic heterocycles. The smallest absolute Gasteiger partial charge is 0.277 e. The minimum atomic E-state index is -0.352. The van der Waals surface area contributed by atoms with E-state index in [1.165, 1.54) is 6.21 Å². The van der Waals surface area contributed by atoms with E-state index >= 15 is 0 Å². The lowest BCUT2D eigenvalue weighted by Gasteiger charge is -2.22. The van der Waals surface area contributed by atoms with Crippen molar-refractivity contribution >= 4 is 23.7 Å². The topological polar surface area (TPSA) is 63.8 Å². The van der Waals surface area contributed by atoms with Crippen molar-refractivity contribution in [2.45, 2.75) is 26.2 Å². The van der Waals surface area contributed by atoms with E-state index in [1.807, 2.05) is 42.5 Å². The van der Waals surface area contributed by atoms with Crippen molar-refractivity contribution in [3.8, 4) is 17.1 Å². The first kappa shape index (κ1) is 20.7. The summed E-state index contributed by atoms with van der Waals surface area (Å²) in [5.41, 5.74) is 4.32. The summed E-state index contributed by atoms with van der Waals surface area (Å²) in [6, 6.07) is 18.6. The Bertz CT molecular complexity index is 1000. The second-order valence-corrected chi connectivity index (χ2v) is 7.97. The Morgan fingerprint density at radius 1 is 1.10 bits per heavy atom. The first-order chi connectivity index (χ1) is 13.8. The van der Waals surface area contributed by atoms with Gasteiger partial charge < -0.3 is 9.15 Å². The Balaban J connectivity index is 1.54. The molecule has 0 unspecified atom stereocenters. The van der Waals surface area contributed by atoms with Gasteiger partial charge in [0.2, 0.25) is 0 Å². The average molecular weight is 411 g/mol. The summed E-state index contributed by atoms with van der Waals surface area (Å²) in [4.78, 5) is 12.0. The highest BCUT2D eigenvalue weighted by Crippen LogP contribution is 2.30. The summed E-state index contributed by atoms with van der Waals surface area (Å²) < 4.78 is 11.4. The van der Waals surface area contributed by atoms with Crippen LogP contribution >= 0.6 is 11.6 Å². The number of benzene rings is 2. The molecule has 0 atom stereocenters. The number of hydrogen-bond donors (Lipinski definition) is 1. The van der Waals surface area contributed by atoms with E-state index in [0.717, 1.165) is 11.1 Å². The maximum Gasteiger partial charge on any atom is 0.277 e. The Morgan fingerprint density at radius 3 is 2.55 bits per heavy atom. The minimum Gasteiger partial charge on any atom is -0.483 e. The van der Waals surface area contributed by atoms with E-state index < -0.39 is 0 Å². The number of hydrazone groups is 1. The molecule has 0 saturated heterocycles. The van der Waals surface area contributed by atoms with Crippen LogP contribution in [0.3, 0.4) is 0 Å². The van der Waals surface area contributed by atoms with Crippen molar-refractivity contribution in [3.05, 3.63) is 77.0 Å². The van der Waals surface area contributed by atoms with Gasteiger partial charge in [-0.3, -0.25) is 4.79 Å². The van der Waals surface area contributed by atoms with Gasteiger partial charge in [0.05, 0.1) is 6.21 Å². The monoisotopic (exact) mass is 410 g/mol. The zero-order valence-electron chi connectivity index (χ0n) is 16.6. The molecular weight excluding hydrogens is 388 g/mol. The van der Waals surface area contributed by atoms with Gasteiger partial charge in [0.25, 0.3) is 5.91 Å².